The number of anilines is 1. The Morgan fingerprint density at radius 3 is 2.63 bits per heavy atom. The Bertz CT molecular complexity index is 845. The largest absolute Gasteiger partial charge is 0.449 e. The van der Waals surface area contributed by atoms with Crippen LogP contribution in [-0.4, -0.2) is 28.1 Å². The number of unbranched alkanes of at least 4 members (excludes halogenated alkanes) is 1. The maximum atomic E-state index is 12.4. The van der Waals surface area contributed by atoms with Crippen molar-refractivity contribution in [1.82, 2.24) is 5.16 Å². The normalized spacial score (nSPS) is 11.7. The van der Waals surface area contributed by atoms with Crippen molar-refractivity contribution in [3.05, 3.63) is 51.3 Å². The lowest BCUT2D eigenvalue weighted by Gasteiger charge is -2.16. The van der Waals surface area contributed by atoms with Gasteiger partial charge in [-0.05, 0) is 38.8 Å². The number of rotatable bonds is 8. The van der Waals surface area contributed by atoms with Gasteiger partial charge >= 0.3 is 5.97 Å². The van der Waals surface area contributed by atoms with Crippen molar-refractivity contribution < 1.29 is 23.8 Å². The number of hydrogen-bond donors (Lipinski definition) is 1. The van der Waals surface area contributed by atoms with E-state index in [1.54, 1.807) is 13.0 Å². The number of aryl methyl sites for hydroxylation is 2. The average Bonchev–Trinajstić information content (AvgIpc) is 3.02. The molecule has 1 atom stereocenters. The highest BCUT2D eigenvalue weighted by atomic mass is 16.6. The number of hydrogen-bond acceptors (Lipinski definition) is 7. The molecule has 1 aromatic carbocycles. The van der Waals surface area contributed by atoms with Crippen molar-refractivity contribution in [3.8, 4) is 0 Å². The van der Waals surface area contributed by atoms with Crippen molar-refractivity contribution in [2.45, 2.75) is 46.1 Å². The fourth-order valence-electron chi connectivity index (χ4n) is 2.45. The summed E-state index contributed by atoms with van der Waals surface area (Å²) in [5, 5.41) is 17.1. The Kier molecular flexibility index (Phi) is 6.64. The molecule has 0 saturated heterocycles. The van der Waals surface area contributed by atoms with Crippen LogP contribution in [0.15, 0.2) is 28.8 Å². The highest BCUT2D eigenvalue weighted by molar-refractivity contribution is 5.97. The van der Waals surface area contributed by atoms with Crippen molar-refractivity contribution in [2.75, 3.05) is 5.32 Å². The molecule has 27 heavy (non-hydrogen) atoms. The molecule has 0 bridgehead atoms. The first-order chi connectivity index (χ1) is 12.8. The number of carbonyl (C=O) groups is 2. The molecule has 1 aromatic heterocycles. The maximum absolute atomic E-state index is 12.4. The van der Waals surface area contributed by atoms with E-state index in [1.807, 2.05) is 6.92 Å². The third kappa shape index (κ3) is 5.37. The van der Waals surface area contributed by atoms with E-state index in [9.17, 15) is 19.7 Å². The summed E-state index contributed by atoms with van der Waals surface area (Å²) in [7, 11) is 0. The number of nitrogens with one attached hydrogen (secondary N) is 1. The number of aromatic nitrogens is 1. The lowest BCUT2D eigenvalue weighted by Crippen LogP contribution is -2.32. The smallest absolute Gasteiger partial charge is 0.338 e. The van der Waals surface area contributed by atoms with Crippen molar-refractivity contribution in [1.29, 1.82) is 0 Å². The average molecular weight is 375 g/mol. The van der Waals surface area contributed by atoms with E-state index in [2.05, 4.69) is 10.5 Å². The van der Waals surface area contributed by atoms with Crippen LogP contribution in [-0.2, 0) is 9.53 Å². The zero-order valence-electron chi connectivity index (χ0n) is 15.4. The Morgan fingerprint density at radius 2 is 2.07 bits per heavy atom. The first-order valence-electron chi connectivity index (χ1n) is 8.52. The summed E-state index contributed by atoms with van der Waals surface area (Å²) in [6.45, 7) is 5.18. The summed E-state index contributed by atoms with van der Waals surface area (Å²) in [6.07, 6.45) is 0.838. The minimum atomic E-state index is -1.01. The number of nitrogens with zero attached hydrogens (tertiary/aromatic N) is 2. The van der Waals surface area contributed by atoms with E-state index >= 15 is 0 Å². The fraction of sp³-hybridized carbons (Fsp3) is 0.389. The lowest BCUT2D eigenvalue weighted by atomic mass is 10.1. The van der Waals surface area contributed by atoms with E-state index < -0.39 is 22.9 Å². The Morgan fingerprint density at radius 1 is 1.33 bits per heavy atom. The van der Waals surface area contributed by atoms with Crippen LogP contribution in [0.2, 0.25) is 0 Å². The van der Waals surface area contributed by atoms with Gasteiger partial charge in [-0.3, -0.25) is 14.9 Å². The number of ether oxygens (including phenoxy) is 1. The van der Waals surface area contributed by atoms with E-state index in [0.29, 0.717) is 24.2 Å². The van der Waals surface area contributed by atoms with Gasteiger partial charge < -0.3 is 14.6 Å². The number of nitro benzene ring substituents is 1. The summed E-state index contributed by atoms with van der Waals surface area (Å²) >= 11 is 0. The quantitative estimate of drug-likeness (QED) is 0.425. The molecule has 0 aliphatic heterocycles. The van der Waals surface area contributed by atoms with Crippen LogP contribution in [0.5, 0.6) is 0 Å². The van der Waals surface area contributed by atoms with Crippen LogP contribution in [0.1, 0.15) is 47.9 Å². The molecule has 0 aliphatic carbocycles. The second-order valence-corrected chi connectivity index (χ2v) is 6.11. The van der Waals surface area contributed by atoms with Crippen LogP contribution in [0.4, 0.5) is 11.5 Å². The molecule has 0 radical (unpaired) electrons. The molecule has 0 fully saturated rings. The van der Waals surface area contributed by atoms with E-state index in [-0.39, 0.29) is 17.1 Å². The zero-order chi connectivity index (χ0) is 20.0. The third-order valence-corrected chi connectivity index (χ3v) is 3.87. The van der Waals surface area contributed by atoms with Crippen LogP contribution < -0.4 is 5.32 Å². The highest BCUT2D eigenvalue weighted by Crippen LogP contribution is 2.20. The molecule has 9 heteroatoms. The van der Waals surface area contributed by atoms with E-state index in [0.717, 1.165) is 6.42 Å². The van der Waals surface area contributed by atoms with Gasteiger partial charge in [-0.2, -0.15) is 0 Å². The predicted octanol–water partition coefficient (Wildman–Crippen LogP) is 3.55. The number of esters is 1. The highest BCUT2D eigenvalue weighted by Gasteiger charge is 2.25. The number of amides is 1. The Labute approximate surface area is 155 Å². The third-order valence-electron chi connectivity index (χ3n) is 3.87. The molecular weight excluding hydrogens is 354 g/mol. The zero-order valence-corrected chi connectivity index (χ0v) is 15.4. The first-order valence-corrected chi connectivity index (χ1v) is 8.52. The Hall–Kier alpha value is -3.23. The van der Waals surface area contributed by atoms with Gasteiger partial charge in [0.05, 0.1) is 10.5 Å². The minimum absolute atomic E-state index is 0.0896. The van der Waals surface area contributed by atoms with Gasteiger partial charge in [0.25, 0.3) is 11.6 Å². The molecule has 144 valence electrons. The van der Waals surface area contributed by atoms with Gasteiger partial charge in [0, 0.05) is 17.7 Å². The summed E-state index contributed by atoms with van der Waals surface area (Å²) in [6, 6.07) is 5.47. The standard InChI is InChI=1S/C18H21N3O6/c1-4-5-6-15(17(22)19-16-10-12(3)27-20-16)26-18(23)13-7-8-14(21(24)25)11(2)9-13/h7-10,15H,4-6H2,1-3H3,(H,19,20,22). The SMILES string of the molecule is CCCCC(OC(=O)c1ccc([N+](=O)[O-])c(C)c1)C(=O)Nc1cc(C)on1. The van der Waals surface area contributed by atoms with E-state index in [4.69, 9.17) is 9.26 Å². The van der Waals surface area contributed by atoms with Gasteiger partial charge in [0.2, 0.25) is 0 Å². The second-order valence-electron chi connectivity index (χ2n) is 6.11. The number of nitro groups is 1. The number of benzene rings is 1. The fourth-order valence-corrected chi connectivity index (χ4v) is 2.45. The van der Waals surface area contributed by atoms with Crippen LogP contribution in [0.25, 0.3) is 0 Å². The lowest BCUT2D eigenvalue weighted by molar-refractivity contribution is -0.385. The summed E-state index contributed by atoms with van der Waals surface area (Å²) in [5.74, 6) is -0.459. The Balaban J connectivity index is 2.12. The van der Waals surface area contributed by atoms with Crippen LogP contribution in [0, 0.1) is 24.0 Å². The van der Waals surface area contributed by atoms with E-state index in [1.165, 1.54) is 25.1 Å². The van der Waals surface area contributed by atoms with Crippen molar-refractivity contribution >= 4 is 23.4 Å². The maximum Gasteiger partial charge on any atom is 0.338 e. The summed E-state index contributed by atoms with van der Waals surface area (Å²) in [5.41, 5.74) is 0.389. The van der Waals surface area contributed by atoms with Crippen molar-refractivity contribution in [3.63, 3.8) is 0 Å². The van der Waals surface area contributed by atoms with Gasteiger partial charge in [-0.15, -0.1) is 0 Å². The first kappa shape index (κ1) is 20.1. The van der Waals surface area contributed by atoms with Gasteiger partial charge in [0.15, 0.2) is 11.9 Å². The van der Waals surface area contributed by atoms with Gasteiger partial charge in [0.1, 0.15) is 5.76 Å². The monoisotopic (exact) mass is 375 g/mol. The molecule has 0 spiro atoms. The molecule has 9 nitrogen and oxygen atoms in total. The molecule has 2 rings (SSSR count). The topological polar surface area (TPSA) is 125 Å². The molecule has 0 saturated carbocycles. The summed E-state index contributed by atoms with van der Waals surface area (Å²) < 4.78 is 10.2. The second kappa shape index (κ2) is 8.93. The number of carbonyl (C=O) groups excluding carboxylic acids is 2. The minimum Gasteiger partial charge on any atom is -0.449 e. The predicted molar refractivity (Wildman–Crippen MR) is 96.4 cm³/mol. The van der Waals surface area contributed by atoms with Crippen molar-refractivity contribution in [2.24, 2.45) is 0 Å². The molecule has 2 aromatic rings. The van der Waals surface area contributed by atoms with Gasteiger partial charge in [-0.25, -0.2) is 4.79 Å². The molecule has 1 unspecified atom stereocenters. The summed E-state index contributed by atoms with van der Waals surface area (Å²) in [4.78, 5) is 35.2. The molecule has 1 amide bonds. The van der Waals surface area contributed by atoms with Crippen LogP contribution >= 0.6 is 0 Å². The molecule has 1 N–H and O–H groups in total. The van der Waals surface area contributed by atoms with Crippen LogP contribution in [0.3, 0.4) is 0 Å². The van der Waals surface area contributed by atoms with Gasteiger partial charge in [-0.1, -0.05) is 18.5 Å². The molecular formula is C18H21N3O6. The molecule has 0 aliphatic rings. The molecule has 1 heterocycles.